The van der Waals surface area contributed by atoms with Crippen LogP contribution in [0.1, 0.15) is 44.1 Å². The van der Waals surface area contributed by atoms with Crippen molar-refractivity contribution in [2.45, 2.75) is 44.9 Å². The van der Waals surface area contributed by atoms with Crippen LogP contribution in [0.25, 0.3) is 0 Å². The molecule has 3 fully saturated rings. The van der Waals surface area contributed by atoms with Gasteiger partial charge in [-0.1, -0.05) is 36.8 Å². The van der Waals surface area contributed by atoms with Crippen molar-refractivity contribution in [2.75, 3.05) is 26.7 Å². The number of carbonyl (C=O) groups excluding carboxylic acids is 1. The minimum atomic E-state index is -0.111. The molecule has 1 heterocycles. The Balaban J connectivity index is 1.52. The van der Waals surface area contributed by atoms with Gasteiger partial charge in [0.05, 0.1) is 5.41 Å². The van der Waals surface area contributed by atoms with Gasteiger partial charge in [-0.2, -0.15) is 0 Å². The predicted molar refractivity (Wildman–Crippen MR) is 101 cm³/mol. The zero-order valence-electron chi connectivity index (χ0n) is 15.5. The van der Waals surface area contributed by atoms with Gasteiger partial charge in [0.1, 0.15) is 0 Å². The Morgan fingerprint density at radius 1 is 1.16 bits per heavy atom. The Morgan fingerprint density at radius 2 is 1.92 bits per heavy atom. The molecule has 25 heavy (non-hydrogen) atoms. The minimum absolute atomic E-state index is 0.111. The summed E-state index contributed by atoms with van der Waals surface area (Å²) in [7, 11) is 2.03. The van der Waals surface area contributed by atoms with E-state index in [4.69, 9.17) is 0 Å². The molecule has 1 saturated heterocycles. The number of hydrogen-bond acceptors (Lipinski definition) is 2. The first-order chi connectivity index (χ1) is 12.2. The zero-order chi connectivity index (χ0) is 17.3. The van der Waals surface area contributed by atoms with Crippen LogP contribution < -0.4 is 5.32 Å². The van der Waals surface area contributed by atoms with Crippen LogP contribution in [-0.2, 0) is 11.2 Å². The highest BCUT2D eigenvalue weighted by molar-refractivity contribution is 5.84. The summed E-state index contributed by atoms with van der Waals surface area (Å²) >= 11 is 0. The first kappa shape index (κ1) is 17.1. The molecule has 3 unspecified atom stereocenters. The average molecular weight is 341 g/mol. The lowest BCUT2D eigenvalue weighted by Gasteiger charge is -2.43. The van der Waals surface area contributed by atoms with E-state index < -0.39 is 0 Å². The van der Waals surface area contributed by atoms with Gasteiger partial charge in [-0.25, -0.2) is 0 Å². The molecule has 3 heteroatoms. The number of benzene rings is 1. The van der Waals surface area contributed by atoms with E-state index in [1.54, 1.807) is 0 Å². The second-order valence-corrected chi connectivity index (χ2v) is 8.69. The molecule has 2 bridgehead atoms. The number of rotatable bonds is 5. The van der Waals surface area contributed by atoms with Crippen LogP contribution in [0.4, 0.5) is 0 Å². The molecular weight excluding hydrogens is 308 g/mol. The van der Waals surface area contributed by atoms with E-state index in [-0.39, 0.29) is 5.41 Å². The minimum Gasteiger partial charge on any atom is -0.342 e. The van der Waals surface area contributed by atoms with Crippen LogP contribution in [0.3, 0.4) is 0 Å². The molecule has 1 amide bonds. The van der Waals surface area contributed by atoms with Crippen LogP contribution >= 0.6 is 0 Å². The maximum absolute atomic E-state index is 13.7. The maximum atomic E-state index is 13.7. The van der Waals surface area contributed by atoms with Crippen molar-refractivity contribution in [3.05, 3.63) is 35.9 Å². The molecule has 3 nitrogen and oxygen atoms in total. The molecule has 2 saturated carbocycles. The van der Waals surface area contributed by atoms with Gasteiger partial charge in [0.25, 0.3) is 0 Å². The van der Waals surface area contributed by atoms with Crippen molar-refractivity contribution in [3.8, 4) is 0 Å². The third-order valence-corrected chi connectivity index (χ3v) is 7.16. The summed E-state index contributed by atoms with van der Waals surface area (Å²) in [6, 6.07) is 10.7. The van der Waals surface area contributed by atoms with E-state index >= 15 is 0 Å². The zero-order valence-corrected chi connectivity index (χ0v) is 15.5. The quantitative estimate of drug-likeness (QED) is 0.890. The number of piperidine rings is 1. The maximum Gasteiger partial charge on any atom is 0.229 e. The first-order valence-electron chi connectivity index (χ1n) is 10.2. The largest absolute Gasteiger partial charge is 0.342 e. The third kappa shape index (κ3) is 3.23. The Labute approximate surface area is 152 Å². The molecule has 0 aromatic heterocycles. The highest BCUT2D eigenvalue weighted by atomic mass is 16.2. The number of hydrogen-bond donors (Lipinski definition) is 1. The van der Waals surface area contributed by atoms with E-state index in [2.05, 4.69) is 40.5 Å². The molecule has 0 spiro atoms. The van der Waals surface area contributed by atoms with Crippen molar-refractivity contribution in [3.63, 3.8) is 0 Å². The summed E-state index contributed by atoms with van der Waals surface area (Å²) in [6.45, 7) is 3.00. The fourth-order valence-electron chi connectivity index (χ4n) is 5.90. The highest BCUT2D eigenvalue weighted by Crippen LogP contribution is 2.58. The SMILES string of the molecule is CNCC1CCN(C(=O)C2(Cc3ccccc3)CC3CCC2C3)CC1. The van der Waals surface area contributed by atoms with Gasteiger partial charge in [0.2, 0.25) is 5.91 Å². The number of nitrogens with zero attached hydrogens (tertiary/aromatic N) is 1. The molecule has 4 rings (SSSR count). The van der Waals surface area contributed by atoms with Gasteiger partial charge >= 0.3 is 0 Å². The van der Waals surface area contributed by atoms with Crippen molar-refractivity contribution < 1.29 is 4.79 Å². The van der Waals surface area contributed by atoms with Gasteiger partial charge in [-0.15, -0.1) is 0 Å². The van der Waals surface area contributed by atoms with E-state index in [0.29, 0.717) is 11.8 Å². The molecule has 3 atom stereocenters. The van der Waals surface area contributed by atoms with E-state index in [0.717, 1.165) is 57.2 Å². The van der Waals surface area contributed by atoms with Crippen molar-refractivity contribution >= 4 is 5.91 Å². The Bertz CT molecular complexity index is 593. The predicted octanol–water partition coefficient (Wildman–Crippen LogP) is 3.49. The van der Waals surface area contributed by atoms with E-state index in [1.807, 2.05) is 7.05 Å². The van der Waals surface area contributed by atoms with Crippen LogP contribution in [0.5, 0.6) is 0 Å². The van der Waals surface area contributed by atoms with Crippen molar-refractivity contribution in [1.82, 2.24) is 10.2 Å². The average Bonchev–Trinajstić information content (AvgIpc) is 3.25. The third-order valence-electron chi connectivity index (χ3n) is 7.16. The lowest BCUT2D eigenvalue weighted by atomic mass is 9.68. The van der Waals surface area contributed by atoms with Crippen LogP contribution in [0.2, 0.25) is 0 Å². The van der Waals surface area contributed by atoms with Crippen molar-refractivity contribution in [2.24, 2.45) is 23.2 Å². The molecule has 3 aliphatic rings. The van der Waals surface area contributed by atoms with Crippen LogP contribution in [0.15, 0.2) is 30.3 Å². The van der Waals surface area contributed by atoms with Crippen LogP contribution in [-0.4, -0.2) is 37.5 Å². The van der Waals surface area contributed by atoms with Gasteiger partial charge in [-0.05, 0) is 75.4 Å². The standard InChI is InChI=1S/C22H32N2O/c1-23-16-18-9-11-24(12-10-18)21(25)22(14-17-5-3-2-4-6-17)15-19-7-8-20(22)13-19/h2-6,18-20,23H,7-16H2,1H3. The number of fused-ring (bicyclic) bond motifs is 2. The fraction of sp³-hybridized carbons (Fsp3) is 0.682. The molecule has 1 aliphatic heterocycles. The molecule has 1 N–H and O–H groups in total. The molecule has 2 aliphatic carbocycles. The fourth-order valence-corrected chi connectivity index (χ4v) is 5.90. The molecule has 136 valence electrons. The number of carbonyl (C=O) groups is 1. The second-order valence-electron chi connectivity index (χ2n) is 8.69. The highest BCUT2D eigenvalue weighted by Gasteiger charge is 2.56. The lowest BCUT2D eigenvalue weighted by molar-refractivity contribution is -0.147. The first-order valence-corrected chi connectivity index (χ1v) is 10.2. The van der Waals surface area contributed by atoms with E-state index in [9.17, 15) is 4.79 Å². The lowest BCUT2D eigenvalue weighted by Crippen LogP contribution is -2.51. The van der Waals surface area contributed by atoms with Crippen LogP contribution in [0, 0.1) is 23.2 Å². The summed E-state index contributed by atoms with van der Waals surface area (Å²) in [5.41, 5.74) is 1.23. The smallest absolute Gasteiger partial charge is 0.229 e. The van der Waals surface area contributed by atoms with E-state index in [1.165, 1.54) is 24.8 Å². The second kappa shape index (κ2) is 7.11. The van der Waals surface area contributed by atoms with Gasteiger partial charge < -0.3 is 10.2 Å². The molecule has 0 radical (unpaired) electrons. The van der Waals surface area contributed by atoms with Gasteiger partial charge in [0, 0.05) is 13.1 Å². The van der Waals surface area contributed by atoms with Gasteiger partial charge in [-0.3, -0.25) is 4.79 Å². The number of nitrogens with one attached hydrogen (secondary N) is 1. The Morgan fingerprint density at radius 3 is 2.52 bits per heavy atom. The summed E-state index contributed by atoms with van der Waals surface area (Å²) < 4.78 is 0. The summed E-state index contributed by atoms with van der Waals surface area (Å²) in [5.74, 6) is 2.62. The summed E-state index contributed by atoms with van der Waals surface area (Å²) in [4.78, 5) is 15.9. The summed E-state index contributed by atoms with van der Waals surface area (Å²) in [5, 5.41) is 3.30. The summed E-state index contributed by atoms with van der Waals surface area (Å²) in [6.07, 6.45) is 8.28. The van der Waals surface area contributed by atoms with Crippen molar-refractivity contribution in [1.29, 1.82) is 0 Å². The molecular formula is C22H32N2O. The Hall–Kier alpha value is -1.35. The Kier molecular flexibility index (Phi) is 4.86. The topological polar surface area (TPSA) is 32.3 Å². The number of amides is 1. The monoisotopic (exact) mass is 340 g/mol. The number of likely N-dealkylation sites (tertiary alicyclic amines) is 1. The molecule has 1 aromatic rings. The molecule has 1 aromatic carbocycles. The van der Waals surface area contributed by atoms with Gasteiger partial charge in [0.15, 0.2) is 0 Å². The normalized spacial score (nSPS) is 32.3.